The number of hydrogen-bond acceptors (Lipinski definition) is 4. The van der Waals surface area contributed by atoms with Crippen LogP contribution in [-0.4, -0.2) is 29.1 Å². The molecule has 0 aliphatic heterocycles. The van der Waals surface area contributed by atoms with Gasteiger partial charge in [-0.15, -0.1) is 11.3 Å². The first-order valence-electron chi connectivity index (χ1n) is 12.0. The highest BCUT2D eigenvalue weighted by atomic mass is 32.1. The largest absolute Gasteiger partial charge is 0.506 e. The maximum absolute atomic E-state index is 15.0. The minimum absolute atomic E-state index is 0.0175. The summed E-state index contributed by atoms with van der Waals surface area (Å²) in [5, 5.41) is 11.5. The van der Waals surface area contributed by atoms with Crippen LogP contribution in [0.5, 0.6) is 11.5 Å². The fraction of sp³-hybridized carbons (Fsp3) is 0.276. The molecule has 1 fully saturated rings. The number of thiophene rings is 1. The summed E-state index contributed by atoms with van der Waals surface area (Å²) >= 11 is 1.30. The zero-order valence-corrected chi connectivity index (χ0v) is 20.5. The van der Waals surface area contributed by atoms with Gasteiger partial charge in [-0.2, -0.15) is 0 Å². The quantitative estimate of drug-likeness (QED) is 0.307. The number of carbonyl (C=O) groups excluding carboxylic acids is 1. The average molecular weight is 490 g/mol. The van der Waals surface area contributed by atoms with Gasteiger partial charge in [0.15, 0.2) is 0 Å². The van der Waals surface area contributed by atoms with Crippen LogP contribution in [0.4, 0.5) is 4.39 Å². The van der Waals surface area contributed by atoms with Crippen molar-refractivity contribution in [3.63, 3.8) is 0 Å². The number of methoxy groups -OCH3 is 1. The molecule has 1 N–H and O–H groups in total. The Labute approximate surface area is 208 Å². The van der Waals surface area contributed by atoms with E-state index in [2.05, 4.69) is 0 Å². The van der Waals surface area contributed by atoms with Gasteiger partial charge in [-0.05, 0) is 60.4 Å². The second kappa shape index (κ2) is 10.1. The van der Waals surface area contributed by atoms with Crippen molar-refractivity contribution in [1.82, 2.24) is 4.90 Å². The van der Waals surface area contributed by atoms with E-state index in [0.717, 1.165) is 53.7 Å². The first-order chi connectivity index (χ1) is 17.0. The minimum atomic E-state index is -0.337. The Morgan fingerprint density at radius 2 is 1.74 bits per heavy atom. The predicted octanol–water partition coefficient (Wildman–Crippen LogP) is 7.40. The van der Waals surface area contributed by atoms with Crippen molar-refractivity contribution in [2.24, 2.45) is 0 Å². The van der Waals surface area contributed by atoms with Crippen molar-refractivity contribution in [2.45, 2.75) is 44.7 Å². The molecule has 0 radical (unpaired) electrons. The number of ether oxygens (including phenoxy) is 1. The van der Waals surface area contributed by atoms with E-state index in [1.54, 1.807) is 18.1 Å². The lowest BCUT2D eigenvalue weighted by Gasteiger charge is -2.34. The third-order valence-electron chi connectivity index (χ3n) is 6.85. The van der Waals surface area contributed by atoms with Gasteiger partial charge in [-0.1, -0.05) is 49.6 Å². The van der Waals surface area contributed by atoms with E-state index in [0.29, 0.717) is 15.8 Å². The molecule has 4 aromatic rings. The van der Waals surface area contributed by atoms with E-state index < -0.39 is 0 Å². The second-order valence-electron chi connectivity index (χ2n) is 9.04. The van der Waals surface area contributed by atoms with Crippen molar-refractivity contribution in [3.8, 4) is 22.6 Å². The Hall–Kier alpha value is -3.38. The van der Waals surface area contributed by atoms with Crippen LogP contribution in [0.2, 0.25) is 0 Å². The Kier molecular flexibility index (Phi) is 6.73. The molecule has 1 aliphatic carbocycles. The molecule has 3 aromatic carbocycles. The molecule has 180 valence electrons. The third kappa shape index (κ3) is 4.76. The predicted molar refractivity (Wildman–Crippen MR) is 139 cm³/mol. The maximum atomic E-state index is 15.0. The van der Waals surface area contributed by atoms with Gasteiger partial charge in [0.05, 0.1) is 7.11 Å². The molecule has 5 rings (SSSR count). The van der Waals surface area contributed by atoms with Crippen LogP contribution in [-0.2, 0) is 6.54 Å². The van der Waals surface area contributed by atoms with Crippen LogP contribution in [0.3, 0.4) is 0 Å². The highest BCUT2D eigenvalue weighted by Gasteiger charge is 2.30. The zero-order chi connectivity index (χ0) is 24.4. The molecule has 0 spiro atoms. The van der Waals surface area contributed by atoms with Crippen LogP contribution in [0, 0.1) is 5.82 Å². The van der Waals surface area contributed by atoms with E-state index in [-0.39, 0.29) is 30.1 Å². The lowest BCUT2D eigenvalue weighted by atomic mass is 9.93. The number of hydrogen-bond donors (Lipinski definition) is 1. The van der Waals surface area contributed by atoms with Crippen LogP contribution >= 0.6 is 11.3 Å². The van der Waals surface area contributed by atoms with Gasteiger partial charge in [0, 0.05) is 28.2 Å². The number of nitrogens with zero attached hydrogens (tertiary/aromatic N) is 1. The maximum Gasteiger partial charge on any atom is 0.268 e. The Morgan fingerprint density at radius 3 is 2.46 bits per heavy atom. The third-order valence-corrected chi connectivity index (χ3v) is 8.00. The molecule has 6 heteroatoms. The summed E-state index contributed by atoms with van der Waals surface area (Å²) in [7, 11) is 1.62. The summed E-state index contributed by atoms with van der Waals surface area (Å²) in [6.07, 6.45) is 5.00. The number of rotatable bonds is 6. The lowest BCUT2D eigenvalue weighted by molar-refractivity contribution is 0.0614. The number of amides is 1. The number of halogens is 1. The van der Waals surface area contributed by atoms with Gasteiger partial charge in [-0.3, -0.25) is 4.79 Å². The fourth-order valence-electron chi connectivity index (χ4n) is 4.91. The van der Waals surface area contributed by atoms with Crippen LogP contribution in [0.15, 0.2) is 66.7 Å². The number of carbonyl (C=O) groups is 1. The first-order valence-corrected chi connectivity index (χ1v) is 12.8. The molecule has 4 nitrogen and oxygen atoms in total. The van der Waals surface area contributed by atoms with Crippen LogP contribution in [0.1, 0.15) is 47.3 Å². The molecule has 0 saturated heterocycles. The highest BCUT2D eigenvalue weighted by Crippen LogP contribution is 2.39. The molecule has 0 atom stereocenters. The van der Waals surface area contributed by atoms with Crippen molar-refractivity contribution in [2.75, 3.05) is 7.11 Å². The molecule has 1 saturated carbocycles. The number of fused-ring (bicyclic) bond motifs is 1. The van der Waals surface area contributed by atoms with E-state index in [1.165, 1.54) is 17.4 Å². The van der Waals surface area contributed by atoms with Gasteiger partial charge in [0.1, 0.15) is 22.2 Å². The van der Waals surface area contributed by atoms with Crippen molar-refractivity contribution in [1.29, 1.82) is 0 Å². The topological polar surface area (TPSA) is 49.8 Å². The number of benzene rings is 3. The molecule has 1 aliphatic rings. The minimum Gasteiger partial charge on any atom is -0.506 e. The Balaban J connectivity index is 1.50. The smallest absolute Gasteiger partial charge is 0.268 e. The Morgan fingerprint density at radius 1 is 1.03 bits per heavy atom. The normalized spacial score (nSPS) is 14.2. The molecular weight excluding hydrogens is 461 g/mol. The summed E-state index contributed by atoms with van der Waals surface area (Å²) in [6, 6.07) is 20.2. The number of aromatic hydroxyl groups is 1. The van der Waals surface area contributed by atoms with Crippen molar-refractivity contribution in [3.05, 3.63) is 83.0 Å². The first kappa shape index (κ1) is 23.4. The summed E-state index contributed by atoms with van der Waals surface area (Å²) in [4.78, 5) is 15.9. The summed E-state index contributed by atoms with van der Waals surface area (Å²) in [5.74, 6) is 0.207. The lowest BCUT2D eigenvalue weighted by Crippen LogP contribution is -2.40. The second-order valence-corrected chi connectivity index (χ2v) is 10.1. The van der Waals surface area contributed by atoms with Crippen molar-refractivity contribution >= 4 is 27.3 Å². The van der Waals surface area contributed by atoms with Gasteiger partial charge in [0.2, 0.25) is 0 Å². The summed E-state index contributed by atoms with van der Waals surface area (Å²) < 4.78 is 21.1. The molecule has 35 heavy (non-hydrogen) atoms. The van der Waals surface area contributed by atoms with Gasteiger partial charge in [-0.25, -0.2) is 4.39 Å². The van der Waals surface area contributed by atoms with Crippen LogP contribution < -0.4 is 4.74 Å². The van der Waals surface area contributed by atoms with Gasteiger partial charge in [0.25, 0.3) is 5.91 Å². The highest BCUT2D eigenvalue weighted by molar-refractivity contribution is 7.21. The van der Waals surface area contributed by atoms with Crippen molar-refractivity contribution < 1.29 is 19.0 Å². The molecule has 0 unspecified atom stereocenters. The fourth-order valence-corrected chi connectivity index (χ4v) is 5.96. The standard InChI is InChI=1S/C29H28FNO3S/c1-34-23-14-11-19(12-15-23)20-13-16-25(30)21(17-20)18-31(22-7-3-2-4-8-22)29(33)28-27(32)24-9-5-6-10-26(24)35-28/h5-6,9-17,22,32H,2-4,7-8,18H2,1H3. The average Bonchev–Trinajstić information content (AvgIpc) is 3.25. The monoisotopic (exact) mass is 489 g/mol. The molecular formula is C29H28FNO3S. The van der Waals surface area contributed by atoms with E-state index in [4.69, 9.17) is 4.74 Å². The molecule has 1 aromatic heterocycles. The van der Waals surface area contributed by atoms with E-state index in [1.807, 2.05) is 54.6 Å². The van der Waals surface area contributed by atoms with E-state index >= 15 is 4.39 Å². The SMILES string of the molecule is COc1ccc(-c2ccc(F)c(CN(C(=O)c3sc4ccccc4c3O)C3CCCCC3)c2)cc1. The van der Waals surface area contributed by atoms with Gasteiger partial charge < -0.3 is 14.7 Å². The van der Waals surface area contributed by atoms with Gasteiger partial charge >= 0.3 is 0 Å². The van der Waals surface area contributed by atoms with E-state index in [9.17, 15) is 9.90 Å². The molecule has 0 bridgehead atoms. The summed E-state index contributed by atoms with van der Waals surface area (Å²) in [5.41, 5.74) is 2.30. The zero-order valence-electron chi connectivity index (χ0n) is 19.7. The Bertz CT molecular complexity index is 1340. The molecule has 1 amide bonds. The summed E-state index contributed by atoms with van der Waals surface area (Å²) in [6.45, 7) is 0.160. The van der Waals surface area contributed by atoms with Crippen LogP contribution in [0.25, 0.3) is 21.2 Å². The molecule has 1 heterocycles.